The summed E-state index contributed by atoms with van der Waals surface area (Å²) in [6.07, 6.45) is 4.86. The third-order valence-electron chi connectivity index (χ3n) is 3.60. The number of carbonyl (C=O) groups is 1. The van der Waals surface area contributed by atoms with Gasteiger partial charge in [-0.2, -0.15) is 14.9 Å². The summed E-state index contributed by atoms with van der Waals surface area (Å²) in [6, 6.07) is 7.07. The second-order valence-electron chi connectivity index (χ2n) is 5.32. The van der Waals surface area contributed by atoms with Crippen LogP contribution < -0.4 is 9.47 Å². The molecule has 10 nitrogen and oxygen atoms in total. The molecule has 0 unspecified atom stereocenters. The number of esters is 1. The van der Waals surface area contributed by atoms with Crippen LogP contribution in [0.25, 0.3) is 0 Å². The van der Waals surface area contributed by atoms with Gasteiger partial charge in [-0.25, -0.2) is 4.79 Å². The number of rotatable bonds is 8. The molecule has 0 saturated heterocycles. The fourth-order valence-electron chi connectivity index (χ4n) is 2.23. The van der Waals surface area contributed by atoms with Gasteiger partial charge < -0.3 is 14.2 Å². The summed E-state index contributed by atoms with van der Waals surface area (Å²) in [6.45, 7) is 0. The van der Waals surface area contributed by atoms with Crippen molar-refractivity contribution in [2.24, 2.45) is 5.10 Å². The first kappa shape index (κ1) is 19.4. The van der Waals surface area contributed by atoms with E-state index in [9.17, 15) is 4.79 Å². The van der Waals surface area contributed by atoms with Crippen LogP contribution in [-0.2, 0) is 10.6 Å². The van der Waals surface area contributed by atoms with Crippen LogP contribution in [-0.4, -0.2) is 58.2 Å². The molecule has 0 radical (unpaired) electrons. The van der Waals surface area contributed by atoms with Crippen molar-refractivity contribution in [2.45, 2.75) is 11.0 Å². The van der Waals surface area contributed by atoms with Crippen LogP contribution in [0.15, 0.2) is 47.0 Å². The number of hydrogen-bond acceptors (Lipinski definition) is 9. The Morgan fingerprint density at radius 2 is 2.04 bits per heavy atom. The molecular formula is C17H18N6O4S. The summed E-state index contributed by atoms with van der Waals surface area (Å²) in [4.78, 5) is 11.5. The summed E-state index contributed by atoms with van der Waals surface area (Å²) in [5.41, 5.74) is 1.08. The second kappa shape index (κ2) is 9.04. The van der Waals surface area contributed by atoms with Gasteiger partial charge in [0.15, 0.2) is 17.2 Å². The van der Waals surface area contributed by atoms with Crippen molar-refractivity contribution in [3.63, 3.8) is 0 Å². The van der Waals surface area contributed by atoms with Gasteiger partial charge in [0, 0.05) is 6.20 Å². The molecule has 0 aliphatic carbocycles. The van der Waals surface area contributed by atoms with E-state index in [0.717, 1.165) is 5.56 Å². The number of benzene rings is 1. The molecule has 0 fully saturated rings. The van der Waals surface area contributed by atoms with E-state index in [4.69, 9.17) is 9.47 Å². The van der Waals surface area contributed by atoms with E-state index in [0.29, 0.717) is 22.5 Å². The number of aromatic nitrogens is 5. The zero-order valence-electron chi connectivity index (χ0n) is 15.5. The summed E-state index contributed by atoms with van der Waals surface area (Å²) in [5.74, 6) is 1.21. The van der Waals surface area contributed by atoms with E-state index in [-0.39, 0.29) is 5.69 Å². The first-order valence-corrected chi connectivity index (χ1v) is 9.04. The Kier molecular flexibility index (Phi) is 6.27. The van der Waals surface area contributed by atoms with E-state index in [1.165, 1.54) is 25.2 Å². The van der Waals surface area contributed by atoms with Crippen molar-refractivity contribution in [1.29, 1.82) is 0 Å². The molecule has 146 valence electrons. The first-order chi connectivity index (χ1) is 13.6. The number of nitrogens with zero attached hydrogens (tertiary/aromatic N) is 6. The number of carbonyl (C=O) groups excluding carboxylic acids is 1. The lowest BCUT2D eigenvalue weighted by Gasteiger charge is -2.07. The average molecular weight is 402 g/mol. The second-order valence-corrected chi connectivity index (χ2v) is 6.23. The van der Waals surface area contributed by atoms with Crippen molar-refractivity contribution in [3.05, 3.63) is 48.0 Å². The Bertz CT molecular complexity index is 984. The molecule has 2 heterocycles. The quantitative estimate of drug-likeness (QED) is 0.320. The van der Waals surface area contributed by atoms with Crippen molar-refractivity contribution in [2.75, 3.05) is 21.3 Å². The molecule has 11 heteroatoms. The van der Waals surface area contributed by atoms with Gasteiger partial charge in [-0.1, -0.05) is 11.8 Å². The lowest BCUT2D eigenvalue weighted by Crippen LogP contribution is -2.04. The Hall–Kier alpha value is -3.34. The summed E-state index contributed by atoms with van der Waals surface area (Å²) >= 11 is 1.37. The normalized spacial score (nSPS) is 11.0. The third-order valence-corrected chi connectivity index (χ3v) is 4.52. The lowest BCUT2D eigenvalue weighted by molar-refractivity contribution is 0.0593. The van der Waals surface area contributed by atoms with E-state index in [2.05, 4.69) is 25.1 Å². The molecule has 0 atom stereocenters. The number of hydrogen-bond donors (Lipinski definition) is 0. The summed E-state index contributed by atoms with van der Waals surface area (Å²) < 4.78 is 18.3. The Labute approximate surface area is 165 Å². The molecule has 0 N–H and O–H groups in total. The fourth-order valence-corrected chi connectivity index (χ4v) is 2.95. The van der Waals surface area contributed by atoms with Gasteiger partial charge in [-0.3, -0.25) is 4.68 Å². The summed E-state index contributed by atoms with van der Waals surface area (Å²) in [7, 11) is 4.48. The standard InChI is InChI=1S/C17H18N6O4S/c1-25-14-5-4-12(8-15(14)26-2)9-19-23-10-18-20-17(23)28-11-22-7-6-13(21-22)16(24)27-3/h4-10H,11H2,1-3H3/b19-9+. The number of thioether (sulfide) groups is 1. The fraction of sp³-hybridized carbons (Fsp3) is 0.235. The molecule has 0 saturated carbocycles. The average Bonchev–Trinajstić information content (AvgIpc) is 3.39. The molecule has 28 heavy (non-hydrogen) atoms. The number of methoxy groups -OCH3 is 3. The van der Waals surface area contributed by atoms with E-state index in [1.807, 2.05) is 12.1 Å². The molecule has 3 rings (SSSR count). The maximum atomic E-state index is 11.5. The van der Waals surface area contributed by atoms with Gasteiger partial charge in [-0.05, 0) is 29.8 Å². The molecule has 2 aromatic heterocycles. The van der Waals surface area contributed by atoms with Crippen LogP contribution in [0.1, 0.15) is 16.1 Å². The molecule has 0 aliphatic heterocycles. The van der Waals surface area contributed by atoms with Crippen molar-refractivity contribution >= 4 is 23.9 Å². The van der Waals surface area contributed by atoms with Gasteiger partial charge in [0.25, 0.3) is 0 Å². The maximum absolute atomic E-state index is 11.5. The SMILES string of the molecule is COC(=O)c1ccn(CSc2nncn2/N=C/c2ccc(OC)c(OC)c2)n1. The van der Waals surface area contributed by atoms with Crippen molar-refractivity contribution in [1.82, 2.24) is 24.7 Å². The minimum atomic E-state index is -0.480. The van der Waals surface area contributed by atoms with Gasteiger partial charge >= 0.3 is 5.97 Å². The van der Waals surface area contributed by atoms with E-state index < -0.39 is 5.97 Å². The van der Waals surface area contributed by atoms with Gasteiger partial charge in [0.2, 0.25) is 5.16 Å². The molecule has 1 aromatic carbocycles. The lowest BCUT2D eigenvalue weighted by atomic mass is 10.2. The topological polar surface area (TPSA) is 106 Å². The Balaban J connectivity index is 1.67. The van der Waals surface area contributed by atoms with Crippen LogP contribution in [0, 0.1) is 0 Å². The highest BCUT2D eigenvalue weighted by molar-refractivity contribution is 7.98. The Morgan fingerprint density at radius 3 is 2.79 bits per heavy atom. The Morgan fingerprint density at radius 1 is 1.21 bits per heavy atom. The number of ether oxygens (including phenoxy) is 3. The minimum Gasteiger partial charge on any atom is -0.493 e. The largest absolute Gasteiger partial charge is 0.493 e. The molecule has 0 aliphatic rings. The first-order valence-electron chi connectivity index (χ1n) is 8.05. The smallest absolute Gasteiger partial charge is 0.358 e. The van der Waals surface area contributed by atoms with E-state index in [1.54, 1.807) is 48.1 Å². The van der Waals surface area contributed by atoms with Crippen LogP contribution in [0.3, 0.4) is 0 Å². The van der Waals surface area contributed by atoms with Gasteiger partial charge in [-0.15, -0.1) is 10.2 Å². The van der Waals surface area contributed by atoms with Gasteiger partial charge in [0.05, 0.1) is 33.4 Å². The van der Waals surface area contributed by atoms with Crippen LogP contribution in [0.4, 0.5) is 0 Å². The molecule has 0 bridgehead atoms. The molecule has 0 spiro atoms. The van der Waals surface area contributed by atoms with Crippen LogP contribution in [0.2, 0.25) is 0 Å². The third kappa shape index (κ3) is 4.49. The van der Waals surface area contributed by atoms with Crippen molar-refractivity contribution in [3.8, 4) is 11.5 Å². The molecule has 3 aromatic rings. The van der Waals surface area contributed by atoms with E-state index >= 15 is 0 Å². The van der Waals surface area contributed by atoms with Crippen LogP contribution >= 0.6 is 11.8 Å². The monoisotopic (exact) mass is 402 g/mol. The maximum Gasteiger partial charge on any atom is 0.358 e. The highest BCUT2D eigenvalue weighted by atomic mass is 32.2. The molecular weight excluding hydrogens is 384 g/mol. The predicted molar refractivity (Wildman–Crippen MR) is 102 cm³/mol. The van der Waals surface area contributed by atoms with Crippen molar-refractivity contribution < 1.29 is 19.0 Å². The molecule has 0 amide bonds. The highest BCUT2D eigenvalue weighted by Crippen LogP contribution is 2.27. The zero-order valence-corrected chi connectivity index (χ0v) is 16.3. The predicted octanol–water partition coefficient (Wildman–Crippen LogP) is 1.91. The summed E-state index contributed by atoms with van der Waals surface area (Å²) in [5, 5.41) is 17.0. The highest BCUT2D eigenvalue weighted by Gasteiger charge is 2.10. The minimum absolute atomic E-state index is 0.246. The van der Waals surface area contributed by atoms with Crippen LogP contribution in [0.5, 0.6) is 11.5 Å². The zero-order chi connectivity index (χ0) is 19.9. The van der Waals surface area contributed by atoms with Gasteiger partial charge in [0.1, 0.15) is 6.33 Å².